The van der Waals surface area contributed by atoms with Crippen LogP contribution >= 0.6 is 0 Å². The molecule has 3 aromatic rings. The monoisotopic (exact) mass is 281 g/mol. The fraction of sp³-hybridized carbons (Fsp3) is 0.0588. The van der Waals surface area contributed by atoms with Crippen molar-refractivity contribution in [3.05, 3.63) is 71.9 Å². The van der Waals surface area contributed by atoms with Crippen molar-refractivity contribution in [2.75, 3.05) is 0 Å². The number of hydrogen-bond donors (Lipinski definition) is 2. The normalized spacial score (nSPS) is 9.76. The van der Waals surface area contributed by atoms with Crippen LogP contribution in [0.25, 0.3) is 10.9 Å². The van der Waals surface area contributed by atoms with Crippen LogP contribution in [0.1, 0.15) is 16.1 Å². The number of benzene rings is 2. The first-order valence-corrected chi connectivity index (χ1v) is 6.41. The summed E-state index contributed by atoms with van der Waals surface area (Å²) in [5.41, 5.74) is 1.64. The Morgan fingerprint density at radius 1 is 0.952 bits per heavy atom. The van der Waals surface area contributed by atoms with Gasteiger partial charge in [-0.1, -0.05) is 36.4 Å². The van der Waals surface area contributed by atoms with Gasteiger partial charge in [0.1, 0.15) is 5.75 Å². The topological polar surface area (TPSA) is 70.4 Å². The average Bonchev–Trinajstić information content (AvgIpc) is 2.48. The SMILES string of the molecule is Cc1ccc2cccc(C(=O)O)c2n1.Oc1ccccc1. The quantitative estimate of drug-likeness (QED) is 0.714. The number of phenols is 1. The van der Waals surface area contributed by atoms with Gasteiger partial charge in [0.25, 0.3) is 0 Å². The number of phenolic OH excluding ortho intramolecular Hbond substituents is 1. The van der Waals surface area contributed by atoms with E-state index in [-0.39, 0.29) is 5.56 Å². The summed E-state index contributed by atoms with van der Waals surface area (Å²) in [4.78, 5) is 15.1. The first-order chi connectivity index (χ1) is 10.1. The predicted molar refractivity (Wildman–Crippen MR) is 81.5 cm³/mol. The van der Waals surface area contributed by atoms with Gasteiger partial charge in [0, 0.05) is 11.1 Å². The van der Waals surface area contributed by atoms with Crippen molar-refractivity contribution in [1.29, 1.82) is 0 Å². The zero-order valence-electron chi connectivity index (χ0n) is 11.5. The molecule has 2 N–H and O–H groups in total. The Hall–Kier alpha value is -2.88. The second-order valence-corrected chi connectivity index (χ2v) is 4.47. The molecular weight excluding hydrogens is 266 g/mol. The minimum atomic E-state index is -0.936. The third-order valence-electron chi connectivity index (χ3n) is 2.85. The molecule has 0 aliphatic rings. The largest absolute Gasteiger partial charge is 0.508 e. The second-order valence-electron chi connectivity index (χ2n) is 4.47. The zero-order chi connectivity index (χ0) is 15.2. The summed E-state index contributed by atoms with van der Waals surface area (Å²) in [6.45, 7) is 1.85. The number of pyridine rings is 1. The maximum atomic E-state index is 10.9. The smallest absolute Gasteiger partial charge is 0.337 e. The van der Waals surface area contributed by atoms with Gasteiger partial charge in [-0.25, -0.2) is 4.79 Å². The van der Waals surface area contributed by atoms with Gasteiger partial charge in [-0.2, -0.15) is 0 Å². The van der Waals surface area contributed by atoms with E-state index in [2.05, 4.69) is 4.98 Å². The van der Waals surface area contributed by atoms with E-state index in [1.807, 2.05) is 31.2 Å². The second kappa shape index (κ2) is 6.52. The van der Waals surface area contributed by atoms with Crippen molar-refractivity contribution in [1.82, 2.24) is 4.98 Å². The molecule has 0 unspecified atom stereocenters. The summed E-state index contributed by atoms with van der Waals surface area (Å²) in [5, 5.41) is 18.4. The molecule has 4 heteroatoms. The number of fused-ring (bicyclic) bond motifs is 1. The summed E-state index contributed by atoms with van der Waals surface area (Å²) < 4.78 is 0. The van der Waals surface area contributed by atoms with Crippen molar-refractivity contribution in [2.45, 2.75) is 6.92 Å². The molecule has 106 valence electrons. The number of para-hydroxylation sites is 2. The molecule has 0 saturated carbocycles. The molecule has 0 aliphatic heterocycles. The number of carboxylic acids is 1. The van der Waals surface area contributed by atoms with Crippen molar-refractivity contribution in [3.63, 3.8) is 0 Å². The molecule has 2 aromatic carbocycles. The highest BCUT2D eigenvalue weighted by molar-refractivity contribution is 6.01. The number of aromatic hydroxyl groups is 1. The number of aromatic carboxylic acids is 1. The summed E-state index contributed by atoms with van der Waals surface area (Å²) in [6, 6.07) is 17.6. The molecular formula is C17H15NO3. The lowest BCUT2D eigenvalue weighted by Gasteiger charge is -2.01. The highest BCUT2D eigenvalue weighted by Crippen LogP contribution is 2.16. The van der Waals surface area contributed by atoms with E-state index in [1.54, 1.807) is 36.4 Å². The van der Waals surface area contributed by atoms with E-state index in [0.29, 0.717) is 11.3 Å². The van der Waals surface area contributed by atoms with Crippen LogP contribution in [0.4, 0.5) is 0 Å². The molecule has 1 aromatic heterocycles. The Morgan fingerprint density at radius 3 is 2.24 bits per heavy atom. The summed E-state index contributed by atoms with van der Waals surface area (Å²) in [5.74, 6) is -0.615. The third-order valence-corrected chi connectivity index (χ3v) is 2.85. The highest BCUT2D eigenvalue weighted by atomic mass is 16.4. The van der Waals surface area contributed by atoms with Gasteiger partial charge in [-0.3, -0.25) is 4.98 Å². The van der Waals surface area contributed by atoms with Gasteiger partial charge < -0.3 is 10.2 Å². The molecule has 0 aliphatic carbocycles. The minimum absolute atomic E-state index is 0.256. The third kappa shape index (κ3) is 3.79. The van der Waals surface area contributed by atoms with Gasteiger partial charge in [0.2, 0.25) is 0 Å². The van der Waals surface area contributed by atoms with Crippen molar-refractivity contribution < 1.29 is 15.0 Å². The van der Waals surface area contributed by atoms with Crippen LogP contribution in [0.3, 0.4) is 0 Å². The Balaban J connectivity index is 0.000000194. The molecule has 0 radical (unpaired) electrons. The number of aromatic nitrogens is 1. The van der Waals surface area contributed by atoms with E-state index < -0.39 is 5.97 Å². The fourth-order valence-electron chi connectivity index (χ4n) is 1.85. The number of carbonyl (C=O) groups is 1. The molecule has 1 heterocycles. The molecule has 0 saturated heterocycles. The molecule has 0 spiro atoms. The highest BCUT2D eigenvalue weighted by Gasteiger charge is 2.08. The van der Waals surface area contributed by atoms with Crippen molar-refractivity contribution in [2.24, 2.45) is 0 Å². The summed E-state index contributed by atoms with van der Waals surface area (Å²) >= 11 is 0. The Kier molecular flexibility index (Phi) is 4.51. The van der Waals surface area contributed by atoms with Crippen LogP contribution < -0.4 is 0 Å². The molecule has 0 atom stereocenters. The lowest BCUT2D eigenvalue weighted by Crippen LogP contribution is -1.99. The van der Waals surface area contributed by atoms with E-state index in [0.717, 1.165) is 11.1 Å². The van der Waals surface area contributed by atoms with Crippen molar-refractivity contribution >= 4 is 16.9 Å². The molecule has 21 heavy (non-hydrogen) atoms. The van der Waals surface area contributed by atoms with E-state index >= 15 is 0 Å². The first kappa shape index (κ1) is 14.5. The molecule has 0 fully saturated rings. The number of carboxylic acid groups (broad SMARTS) is 1. The Morgan fingerprint density at radius 2 is 1.67 bits per heavy atom. The van der Waals surface area contributed by atoms with Crippen LogP contribution in [0.2, 0.25) is 0 Å². The van der Waals surface area contributed by atoms with Crippen LogP contribution in [0.5, 0.6) is 5.75 Å². The summed E-state index contributed by atoms with van der Waals surface area (Å²) in [6.07, 6.45) is 0. The van der Waals surface area contributed by atoms with Gasteiger partial charge in [-0.05, 0) is 31.2 Å². The summed E-state index contributed by atoms with van der Waals surface area (Å²) in [7, 11) is 0. The number of nitrogens with zero attached hydrogens (tertiary/aromatic N) is 1. The van der Waals surface area contributed by atoms with E-state index in [1.165, 1.54) is 0 Å². The fourth-order valence-corrected chi connectivity index (χ4v) is 1.85. The molecule has 3 rings (SSSR count). The van der Waals surface area contributed by atoms with Gasteiger partial charge in [-0.15, -0.1) is 0 Å². The van der Waals surface area contributed by atoms with E-state index in [9.17, 15) is 4.79 Å². The van der Waals surface area contributed by atoms with Crippen LogP contribution in [0, 0.1) is 6.92 Å². The average molecular weight is 281 g/mol. The standard InChI is InChI=1S/C11H9NO2.C6H6O/c1-7-5-6-8-3-2-4-9(11(13)14)10(8)12-7;7-6-4-2-1-3-5-6/h2-6H,1H3,(H,13,14);1-5,7H. The van der Waals surface area contributed by atoms with Crippen LogP contribution in [0.15, 0.2) is 60.7 Å². The van der Waals surface area contributed by atoms with Crippen molar-refractivity contribution in [3.8, 4) is 5.75 Å². The number of hydrogen-bond acceptors (Lipinski definition) is 3. The Bertz CT molecular complexity index is 754. The van der Waals surface area contributed by atoms with Crippen LogP contribution in [-0.4, -0.2) is 21.2 Å². The van der Waals surface area contributed by atoms with Gasteiger partial charge in [0.05, 0.1) is 11.1 Å². The zero-order valence-corrected chi connectivity index (χ0v) is 11.5. The number of rotatable bonds is 1. The van der Waals surface area contributed by atoms with Gasteiger partial charge in [0.15, 0.2) is 0 Å². The minimum Gasteiger partial charge on any atom is -0.508 e. The maximum Gasteiger partial charge on any atom is 0.337 e. The predicted octanol–water partition coefficient (Wildman–Crippen LogP) is 3.63. The van der Waals surface area contributed by atoms with Gasteiger partial charge >= 0.3 is 5.97 Å². The lowest BCUT2D eigenvalue weighted by molar-refractivity contribution is 0.0699. The number of aryl methyl sites for hydroxylation is 1. The molecule has 0 amide bonds. The Labute approximate surface area is 122 Å². The first-order valence-electron chi connectivity index (χ1n) is 6.41. The van der Waals surface area contributed by atoms with E-state index in [4.69, 9.17) is 10.2 Å². The lowest BCUT2D eigenvalue weighted by atomic mass is 10.1. The molecule has 4 nitrogen and oxygen atoms in total. The maximum absolute atomic E-state index is 10.9. The molecule has 0 bridgehead atoms. The van der Waals surface area contributed by atoms with Crippen LogP contribution in [-0.2, 0) is 0 Å².